The maximum absolute atomic E-state index is 12.9. The summed E-state index contributed by atoms with van der Waals surface area (Å²) >= 11 is 0. The van der Waals surface area contributed by atoms with Gasteiger partial charge in [0.15, 0.2) is 0 Å². The topological polar surface area (TPSA) is 35.6 Å². The molecule has 0 bridgehead atoms. The SMILES string of the molecule is Cl.O=C(C1CCCC(C(F)(F)F)C1)N1CCN(C2CCNC2)CC1. The van der Waals surface area contributed by atoms with Gasteiger partial charge in [-0.2, -0.15) is 13.2 Å². The van der Waals surface area contributed by atoms with Crippen LogP contribution in [0.3, 0.4) is 0 Å². The Balaban J connectivity index is 0.00000208. The van der Waals surface area contributed by atoms with Crippen molar-refractivity contribution >= 4 is 18.3 Å². The van der Waals surface area contributed by atoms with Crippen molar-refractivity contribution in [3.05, 3.63) is 0 Å². The number of carbonyl (C=O) groups is 1. The Hall–Kier alpha value is -0.530. The first-order chi connectivity index (χ1) is 10.9. The van der Waals surface area contributed by atoms with E-state index < -0.39 is 18.0 Å². The highest BCUT2D eigenvalue weighted by Crippen LogP contribution is 2.40. The van der Waals surface area contributed by atoms with Crippen molar-refractivity contribution in [3.8, 4) is 0 Å². The zero-order valence-corrected chi connectivity index (χ0v) is 14.7. The molecule has 2 aliphatic heterocycles. The van der Waals surface area contributed by atoms with Crippen LogP contribution in [-0.4, -0.2) is 67.2 Å². The highest BCUT2D eigenvalue weighted by molar-refractivity contribution is 5.85. The first-order valence-corrected chi connectivity index (χ1v) is 8.75. The molecule has 3 unspecified atom stereocenters. The van der Waals surface area contributed by atoms with E-state index in [0.717, 1.165) is 32.6 Å². The molecule has 0 spiro atoms. The molecule has 0 aromatic carbocycles. The second-order valence-corrected chi connectivity index (χ2v) is 7.11. The van der Waals surface area contributed by atoms with Crippen LogP contribution in [0.2, 0.25) is 0 Å². The zero-order chi connectivity index (χ0) is 16.4. The Morgan fingerprint density at radius 1 is 1.04 bits per heavy atom. The summed E-state index contributed by atoms with van der Waals surface area (Å²) in [7, 11) is 0. The van der Waals surface area contributed by atoms with Gasteiger partial charge in [-0.05, 0) is 32.2 Å². The van der Waals surface area contributed by atoms with E-state index in [1.165, 1.54) is 0 Å². The largest absolute Gasteiger partial charge is 0.391 e. The smallest absolute Gasteiger partial charge is 0.340 e. The molecule has 3 rings (SSSR count). The minimum absolute atomic E-state index is 0. The van der Waals surface area contributed by atoms with Crippen molar-refractivity contribution in [2.24, 2.45) is 11.8 Å². The maximum atomic E-state index is 12.9. The molecule has 3 aliphatic rings. The van der Waals surface area contributed by atoms with E-state index in [1.54, 1.807) is 4.90 Å². The molecule has 0 radical (unpaired) electrons. The standard InChI is InChI=1S/C16H26F3N3O.ClH/c17-16(18,19)13-3-1-2-12(10-13)15(23)22-8-6-21(7-9-22)14-4-5-20-11-14;/h12-14,20H,1-11H2;1H. The first kappa shape index (κ1) is 19.8. The molecule has 1 aliphatic carbocycles. The van der Waals surface area contributed by atoms with E-state index >= 15 is 0 Å². The third-order valence-corrected chi connectivity index (χ3v) is 5.66. The van der Waals surface area contributed by atoms with Gasteiger partial charge >= 0.3 is 6.18 Å². The molecule has 140 valence electrons. The summed E-state index contributed by atoms with van der Waals surface area (Å²) in [6.07, 6.45) is -1.74. The number of carbonyl (C=O) groups excluding carboxylic acids is 1. The molecule has 2 heterocycles. The number of hydrogen-bond acceptors (Lipinski definition) is 3. The highest BCUT2D eigenvalue weighted by Gasteiger charge is 2.44. The van der Waals surface area contributed by atoms with Crippen LogP contribution >= 0.6 is 12.4 Å². The van der Waals surface area contributed by atoms with Gasteiger partial charge in [0, 0.05) is 44.7 Å². The fraction of sp³-hybridized carbons (Fsp3) is 0.938. The normalized spacial score (nSPS) is 32.5. The van der Waals surface area contributed by atoms with Crippen LogP contribution < -0.4 is 5.32 Å². The van der Waals surface area contributed by atoms with Crippen molar-refractivity contribution in [3.63, 3.8) is 0 Å². The molecule has 2 saturated heterocycles. The van der Waals surface area contributed by atoms with E-state index in [0.29, 0.717) is 32.0 Å². The third-order valence-electron chi connectivity index (χ3n) is 5.66. The summed E-state index contributed by atoms with van der Waals surface area (Å²) in [5.41, 5.74) is 0. The minimum atomic E-state index is -4.16. The second-order valence-electron chi connectivity index (χ2n) is 7.11. The van der Waals surface area contributed by atoms with Crippen LogP contribution in [0.1, 0.15) is 32.1 Å². The van der Waals surface area contributed by atoms with E-state index in [4.69, 9.17) is 0 Å². The molecule has 4 nitrogen and oxygen atoms in total. The van der Waals surface area contributed by atoms with Crippen molar-refractivity contribution in [2.75, 3.05) is 39.3 Å². The van der Waals surface area contributed by atoms with Gasteiger partial charge in [-0.3, -0.25) is 9.69 Å². The van der Waals surface area contributed by atoms with E-state index in [9.17, 15) is 18.0 Å². The fourth-order valence-corrected chi connectivity index (χ4v) is 4.23. The van der Waals surface area contributed by atoms with Crippen LogP contribution in [-0.2, 0) is 4.79 Å². The molecular weight excluding hydrogens is 343 g/mol. The number of alkyl halides is 3. The van der Waals surface area contributed by atoms with Gasteiger partial charge in [-0.1, -0.05) is 6.42 Å². The lowest BCUT2D eigenvalue weighted by atomic mass is 9.80. The van der Waals surface area contributed by atoms with Gasteiger partial charge in [0.25, 0.3) is 0 Å². The molecule has 24 heavy (non-hydrogen) atoms. The number of piperazine rings is 1. The van der Waals surface area contributed by atoms with Crippen LogP contribution in [0.4, 0.5) is 13.2 Å². The molecule has 0 aromatic heterocycles. The first-order valence-electron chi connectivity index (χ1n) is 8.75. The van der Waals surface area contributed by atoms with Crippen LogP contribution in [0.15, 0.2) is 0 Å². The average Bonchev–Trinajstić information content (AvgIpc) is 3.08. The summed E-state index contributed by atoms with van der Waals surface area (Å²) in [5.74, 6) is -1.78. The summed E-state index contributed by atoms with van der Waals surface area (Å²) in [4.78, 5) is 16.8. The number of rotatable bonds is 2. The molecule has 1 N–H and O–H groups in total. The monoisotopic (exact) mass is 369 g/mol. The molecule has 1 saturated carbocycles. The van der Waals surface area contributed by atoms with E-state index in [1.807, 2.05) is 0 Å². The summed E-state index contributed by atoms with van der Waals surface area (Å²) in [5, 5.41) is 3.35. The number of halogens is 4. The number of hydrogen-bond donors (Lipinski definition) is 1. The number of nitrogens with one attached hydrogen (secondary N) is 1. The van der Waals surface area contributed by atoms with Crippen LogP contribution in [0.5, 0.6) is 0 Å². The predicted molar refractivity (Wildman–Crippen MR) is 88.2 cm³/mol. The number of amides is 1. The van der Waals surface area contributed by atoms with Gasteiger partial charge in [0.1, 0.15) is 0 Å². The van der Waals surface area contributed by atoms with Gasteiger partial charge in [0.05, 0.1) is 5.92 Å². The lowest BCUT2D eigenvalue weighted by molar-refractivity contribution is -0.187. The van der Waals surface area contributed by atoms with Crippen molar-refractivity contribution in [2.45, 2.75) is 44.3 Å². The second kappa shape index (κ2) is 8.23. The van der Waals surface area contributed by atoms with Gasteiger partial charge < -0.3 is 10.2 Å². The molecule has 3 fully saturated rings. The van der Waals surface area contributed by atoms with Crippen molar-refractivity contribution in [1.29, 1.82) is 0 Å². The minimum Gasteiger partial charge on any atom is -0.340 e. The Morgan fingerprint density at radius 2 is 1.75 bits per heavy atom. The van der Waals surface area contributed by atoms with E-state index in [2.05, 4.69) is 10.2 Å². The van der Waals surface area contributed by atoms with Crippen molar-refractivity contribution < 1.29 is 18.0 Å². The Labute approximate surface area is 147 Å². The Bertz CT molecular complexity index is 421. The molecular formula is C16H27ClF3N3O. The summed E-state index contributed by atoms with van der Waals surface area (Å²) in [6, 6.07) is 0.552. The summed E-state index contributed by atoms with van der Waals surface area (Å²) < 4.78 is 38.7. The number of nitrogens with zero attached hydrogens (tertiary/aromatic N) is 2. The highest BCUT2D eigenvalue weighted by atomic mass is 35.5. The van der Waals surface area contributed by atoms with Crippen LogP contribution in [0, 0.1) is 11.8 Å². The van der Waals surface area contributed by atoms with Crippen LogP contribution in [0.25, 0.3) is 0 Å². The maximum Gasteiger partial charge on any atom is 0.391 e. The van der Waals surface area contributed by atoms with Gasteiger partial charge in [0.2, 0.25) is 5.91 Å². The quantitative estimate of drug-likeness (QED) is 0.811. The molecule has 8 heteroatoms. The van der Waals surface area contributed by atoms with Gasteiger partial charge in [-0.15, -0.1) is 12.4 Å². The van der Waals surface area contributed by atoms with Gasteiger partial charge in [-0.25, -0.2) is 0 Å². The molecule has 3 atom stereocenters. The predicted octanol–water partition coefficient (Wildman–Crippen LogP) is 2.28. The Kier molecular flexibility index (Phi) is 6.79. The molecule has 0 aromatic rings. The third kappa shape index (κ3) is 4.55. The van der Waals surface area contributed by atoms with E-state index in [-0.39, 0.29) is 31.2 Å². The summed E-state index contributed by atoms with van der Waals surface area (Å²) in [6.45, 7) is 5.04. The van der Waals surface area contributed by atoms with Crippen molar-refractivity contribution in [1.82, 2.24) is 15.1 Å². The zero-order valence-electron chi connectivity index (χ0n) is 13.9. The Morgan fingerprint density at radius 3 is 2.33 bits per heavy atom. The lowest BCUT2D eigenvalue weighted by Crippen LogP contribution is -2.54. The fourth-order valence-electron chi connectivity index (χ4n) is 4.23. The average molecular weight is 370 g/mol. The molecule has 1 amide bonds. The lowest BCUT2D eigenvalue weighted by Gasteiger charge is -2.40.